The number of carbonyl (C=O) groups excluding carboxylic acids is 1. The maximum Gasteiger partial charge on any atom is 0.238 e. The van der Waals surface area contributed by atoms with Gasteiger partial charge in [0.25, 0.3) is 0 Å². The maximum absolute atomic E-state index is 11.8. The first-order valence-corrected chi connectivity index (χ1v) is 6.62. The second kappa shape index (κ2) is 5.19. The van der Waals surface area contributed by atoms with Crippen LogP contribution in [0.3, 0.4) is 0 Å². The highest BCUT2D eigenvalue weighted by Gasteiger charge is 2.27. The minimum Gasteiger partial charge on any atom is -0.324 e. The summed E-state index contributed by atoms with van der Waals surface area (Å²) in [5, 5.41) is 2.92. The van der Waals surface area contributed by atoms with Crippen LogP contribution in [0.5, 0.6) is 0 Å². The number of likely N-dealkylation sites (N-methyl/N-ethyl adjacent to an activating group) is 1. The van der Waals surface area contributed by atoms with Crippen LogP contribution in [0.15, 0.2) is 22.7 Å². The molecular weight excluding hydrogens is 280 g/mol. The van der Waals surface area contributed by atoms with Crippen LogP contribution in [0.1, 0.15) is 18.4 Å². The Hall–Kier alpha value is -0.870. The number of rotatable bonds is 4. The topological polar surface area (TPSA) is 32.3 Å². The van der Waals surface area contributed by atoms with Gasteiger partial charge in [-0.15, -0.1) is 0 Å². The smallest absolute Gasteiger partial charge is 0.238 e. The average Bonchev–Trinajstić information content (AvgIpc) is 3.05. The van der Waals surface area contributed by atoms with Crippen LogP contribution in [-0.4, -0.2) is 30.4 Å². The molecular formula is C13H17BrN2O. The van der Waals surface area contributed by atoms with E-state index in [0.29, 0.717) is 12.6 Å². The van der Waals surface area contributed by atoms with Gasteiger partial charge in [0.15, 0.2) is 0 Å². The lowest BCUT2D eigenvalue weighted by molar-refractivity contribution is -0.117. The first-order chi connectivity index (χ1) is 8.06. The Morgan fingerprint density at radius 3 is 2.82 bits per heavy atom. The Morgan fingerprint density at radius 2 is 2.24 bits per heavy atom. The molecule has 0 saturated heterocycles. The first-order valence-electron chi connectivity index (χ1n) is 5.82. The van der Waals surface area contributed by atoms with Crippen LogP contribution >= 0.6 is 15.9 Å². The number of carbonyl (C=O) groups is 1. The van der Waals surface area contributed by atoms with Crippen molar-refractivity contribution in [3.05, 3.63) is 28.2 Å². The number of hydrogen-bond donors (Lipinski definition) is 1. The van der Waals surface area contributed by atoms with Crippen molar-refractivity contribution in [2.24, 2.45) is 0 Å². The Bertz CT molecular complexity index is 429. The molecule has 1 aromatic rings. The number of halogens is 1. The van der Waals surface area contributed by atoms with E-state index in [1.165, 1.54) is 18.4 Å². The summed E-state index contributed by atoms with van der Waals surface area (Å²) in [4.78, 5) is 13.9. The predicted octanol–water partition coefficient (Wildman–Crippen LogP) is 2.79. The molecule has 1 aliphatic carbocycles. The SMILES string of the molecule is Cc1ccc(NC(=O)CN(C)C2CC2)c(Br)c1. The van der Waals surface area contributed by atoms with E-state index < -0.39 is 0 Å². The number of anilines is 1. The number of nitrogens with zero attached hydrogens (tertiary/aromatic N) is 1. The molecule has 0 atom stereocenters. The minimum atomic E-state index is 0.0453. The molecule has 2 rings (SSSR count). The van der Waals surface area contributed by atoms with Gasteiger partial charge in [0.2, 0.25) is 5.91 Å². The van der Waals surface area contributed by atoms with Crippen molar-refractivity contribution in [1.82, 2.24) is 4.90 Å². The van der Waals surface area contributed by atoms with Crippen LogP contribution in [0, 0.1) is 6.92 Å². The summed E-state index contributed by atoms with van der Waals surface area (Å²) in [6.45, 7) is 2.49. The van der Waals surface area contributed by atoms with Crippen LogP contribution in [0.4, 0.5) is 5.69 Å². The lowest BCUT2D eigenvalue weighted by Gasteiger charge is -2.15. The Labute approximate surface area is 110 Å². The molecule has 0 radical (unpaired) electrons. The summed E-state index contributed by atoms with van der Waals surface area (Å²) in [6, 6.07) is 6.53. The summed E-state index contributed by atoms with van der Waals surface area (Å²) in [6.07, 6.45) is 2.44. The molecule has 0 spiro atoms. The second-order valence-corrected chi connectivity index (χ2v) is 5.53. The lowest BCUT2D eigenvalue weighted by Crippen LogP contribution is -2.31. The monoisotopic (exact) mass is 296 g/mol. The molecule has 1 aliphatic rings. The second-order valence-electron chi connectivity index (χ2n) is 4.68. The molecule has 4 heteroatoms. The van der Waals surface area contributed by atoms with Crippen molar-refractivity contribution in [3.8, 4) is 0 Å². The highest BCUT2D eigenvalue weighted by molar-refractivity contribution is 9.10. The van der Waals surface area contributed by atoms with Gasteiger partial charge in [-0.25, -0.2) is 0 Å². The Morgan fingerprint density at radius 1 is 1.53 bits per heavy atom. The molecule has 1 aromatic carbocycles. The Kier molecular flexibility index (Phi) is 3.84. The van der Waals surface area contributed by atoms with E-state index in [0.717, 1.165) is 10.2 Å². The molecule has 3 nitrogen and oxygen atoms in total. The van der Waals surface area contributed by atoms with Crippen LogP contribution in [0.2, 0.25) is 0 Å². The third-order valence-electron chi connectivity index (χ3n) is 2.96. The fourth-order valence-electron chi connectivity index (χ4n) is 1.78. The van der Waals surface area contributed by atoms with Crippen LogP contribution < -0.4 is 5.32 Å². The minimum absolute atomic E-state index is 0.0453. The fourth-order valence-corrected chi connectivity index (χ4v) is 2.37. The maximum atomic E-state index is 11.8. The fraction of sp³-hybridized carbons (Fsp3) is 0.462. The molecule has 1 N–H and O–H groups in total. The molecule has 1 amide bonds. The quantitative estimate of drug-likeness (QED) is 0.927. The van der Waals surface area contributed by atoms with Crippen molar-refractivity contribution in [2.75, 3.05) is 18.9 Å². The summed E-state index contributed by atoms with van der Waals surface area (Å²) < 4.78 is 0.930. The van der Waals surface area contributed by atoms with E-state index in [4.69, 9.17) is 0 Å². The largest absolute Gasteiger partial charge is 0.324 e. The molecule has 92 valence electrons. The summed E-state index contributed by atoms with van der Waals surface area (Å²) >= 11 is 3.45. The molecule has 1 saturated carbocycles. The molecule has 1 fully saturated rings. The van der Waals surface area contributed by atoms with Crippen LogP contribution in [-0.2, 0) is 4.79 Å². The van der Waals surface area contributed by atoms with Gasteiger partial charge >= 0.3 is 0 Å². The third kappa shape index (κ3) is 3.54. The average molecular weight is 297 g/mol. The van der Waals surface area contributed by atoms with E-state index >= 15 is 0 Å². The number of benzene rings is 1. The van der Waals surface area contributed by atoms with Crippen LogP contribution in [0.25, 0.3) is 0 Å². The van der Waals surface area contributed by atoms with Gasteiger partial charge < -0.3 is 5.32 Å². The van der Waals surface area contributed by atoms with E-state index in [9.17, 15) is 4.79 Å². The van der Waals surface area contributed by atoms with E-state index in [-0.39, 0.29) is 5.91 Å². The molecule has 0 aliphatic heterocycles. The predicted molar refractivity (Wildman–Crippen MR) is 73.2 cm³/mol. The van der Waals surface area contributed by atoms with Gasteiger partial charge in [0.05, 0.1) is 12.2 Å². The molecule has 0 aromatic heterocycles. The molecule has 17 heavy (non-hydrogen) atoms. The van der Waals surface area contributed by atoms with Crippen molar-refractivity contribution in [3.63, 3.8) is 0 Å². The zero-order chi connectivity index (χ0) is 12.4. The lowest BCUT2D eigenvalue weighted by atomic mass is 10.2. The number of nitrogens with one attached hydrogen (secondary N) is 1. The highest BCUT2D eigenvalue weighted by atomic mass is 79.9. The van der Waals surface area contributed by atoms with E-state index in [1.807, 2.05) is 32.2 Å². The first kappa shape index (κ1) is 12.6. The standard InChI is InChI=1S/C13H17BrN2O/c1-9-3-6-12(11(14)7-9)15-13(17)8-16(2)10-4-5-10/h3,6-7,10H,4-5,8H2,1-2H3,(H,15,17). The number of hydrogen-bond acceptors (Lipinski definition) is 2. The van der Waals surface area contributed by atoms with Gasteiger partial charge in [-0.2, -0.15) is 0 Å². The van der Waals surface area contributed by atoms with Gasteiger partial charge in [0, 0.05) is 10.5 Å². The van der Waals surface area contributed by atoms with Crippen molar-refractivity contribution in [1.29, 1.82) is 0 Å². The van der Waals surface area contributed by atoms with Gasteiger partial charge in [-0.3, -0.25) is 9.69 Å². The molecule has 0 bridgehead atoms. The molecule has 0 unspecified atom stereocenters. The normalized spacial score (nSPS) is 15.1. The van der Waals surface area contributed by atoms with Crippen molar-refractivity contribution >= 4 is 27.5 Å². The highest BCUT2D eigenvalue weighted by Crippen LogP contribution is 2.26. The van der Waals surface area contributed by atoms with Crippen molar-refractivity contribution in [2.45, 2.75) is 25.8 Å². The molecule has 0 heterocycles. The van der Waals surface area contributed by atoms with E-state index in [1.54, 1.807) is 0 Å². The van der Waals surface area contributed by atoms with Gasteiger partial charge in [-0.05, 0) is 60.4 Å². The summed E-state index contributed by atoms with van der Waals surface area (Å²) in [7, 11) is 2.00. The van der Waals surface area contributed by atoms with E-state index in [2.05, 4.69) is 26.1 Å². The van der Waals surface area contributed by atoms with Crippen molar-refractivity contribution < 1.29 is 4.79 Å². The summed E-state index contributed by atoms with van der Waals surface area (Å²) in [5.41, 5.74) is 2.01. The number of aryl methyl sites for hydroxylation is 1. The zero-order valence-electron chi connectivity index (χ0n) is 10.2. The number of amides is 1. The Balaban J connectivity index is 1.92. The van der Waals surface area contributed by atoms with Gasteiger partial charge in [0.1, 0.15) is 0 Å². The zero-order valence-corrected chi connectivity index (χ0v) is 11.8. The summed E-state index contributed by atoms with van der Waals surface area (Å²) in [5.74, 6) is 0.0453. The third-order valence-corrected chi connectivity index (χ3v) is 3.62. The van der Waals surface area contributed by atoms with Gasteiger partial charge in [-0.1, -0.05) is 6.07 Å².